The van der Waals surface area contributed by atoms with Crippen molar-refractivity contribution in [2.75, 3.05) is 26.8 Å². The van der Waals surface area contributed by atoms with E-state index in [0.717, 1.165) is 48.0 Å². The van der Waals surface area contributed by atoms with Crippen LogP contribution in [0.4, 0.5) is 0 Å². The molecule has 32 heavy (non-hydrogen) atoms. The second kappa shape index (κ2) is 14.2. The van der Waals surface area contributed by atoms with Gasteiger partial charge in [-0.25, -0.2) is 4.99 Å². The molecule has 3 N–H and O–H groups in total. The Balaban J connectivity index is 0.00000363. The topological polar surface area (TPSA) is 75.1 Å². The van der Waals surface area contributed by atoms with E-state index in [0.29, 0.717) is 19.2 Å². The molecule has 1 fully saturated rings. The van der Waals surface area contributed by atoms with Crippen molar-refractivity contribution in [2.24, 2.45) is 4.99 Å². The summed E-state index contributed by atoms with van der Waals surface area (Å²) in [5.41, 5.74) is 2.16. The van der Waals surface area contributed by atoms with E-state index >= 15 is 0 Å². The van der Waals surface area contributed by atoms with Gasteiger partial charge >= 0.3 is 0 Å². The third-order valence-corrected chi connectivity index (χ3v) is 5.60. The first kappa shape index (κ1) is 26.3. The normalized spacial score (nSPS) is 15.0. The number of aliphatic hydroxyl groups excluding tert-OH is 1. The number of rotatable bonds is 10. The number of hydrogen-bond donors (Lipinski definition) is 3. The first-order chi connectivity index (χ1) is 15.2. The van der Waals surface area contributed by atoms with Crippen LogP contribution in [0.3, 0.4) is 0 Å². The Bertz CT molecular complexity index is 826. The summed E-state index contributed by atoms with van der Waals surface area (Å²) >= 11 is 0. The second-order valence-electron chi connectivity index (χ2n) is 7.88. The molecule has 1 saturated carbocycles. The maximum Gasteiger partial charge on any atom is 0.191 e. The van der Waals surface area contributed by atoms with Crippen LogP contribution >= 0.6 is 24.0 Å². The van der Waals surface area contributed by atoms with Crippen LogP contribution in [0.1, 0.15) is 49.7 Å². The fraction of sp³-hybridized carbons (Fsp3) is 0.480. The van der Waals surface area contributed by atoms with E-state index in [2.05, 4.69) is 10.6 Å². The molecule has 1 aliphatic carbocycles. The lowest BCUT2D eigenvalue weighted by Crippen LogP contribution is -2.39. The molecule has 0 heterocycles. The van der Waals surface area contributed by atoms with Gasteiger partial charge in [-0.1, -0.05) is 36.4 Å². The lowest BCUT2D eigenvalue weighted by atomic mass is 10.0. The van der Waals surface area contributed by atoms with Crippen LogP contribution in [0.2, 0.25) is 0 Å². The Labute approximate surface area is 208 Å². The molecule has 2 aromatic carbocycles. The quantitative estimate of drug-likeness (QED) is 0.230. The molecule has 0 bridgehead atoms. The lowest BCUT2D eigenvalue weighted by molar-refractivity contribution is 0.200. The van der Waals surface area contributed by atoms with Crippen molar-refractivity contribution < 1.29 is 14.6 Å². The number of halogens is 1. The van der Waals surface area contributed by atoms with Gasteiger partial charge in [0.05, 0.1) is 26.4 Å². The highest BCUT2D eigenvalue weighted by Gasteiger charge is 2.18. The Kier molecular flexibility index (Phi) is 11.7. The molecular weight excluding hydrogens is 517 g/mol. The first-order valence-corrected chi connectivity index (χ1v) is 11.2. The molecule has 1 aliphatic rings. The number of methoxy groups -OCH3 is 1. The number of nitrogens with zero attached hydrogens (tertiary/aromatic N) is 1. The molecule has 1 atom stereocenters. The third-order valence-electron chi connectivity index (χ3n) is 5.60. The van der Waals surface area contributed by atoms with Crippen LogP contribution in [0.5, 0.6) is 11.5 Å². The Morgan fingerprint density at radius 2 is 1.84 bits per heavy atom. The molecule has 6 nitrogen and oxygen atoms in total. The first-order valence-electron chi connectivity index (χ1n) is 11.2. The van der Waals surface area contributed by atoms with E-state index in [9.17, 15) is 5.11 Å². The van der Waals surface area contributed by atoms with Crippen molar-refractivity contribution in [3.63, 3.8) is 0 Å². The van der Waals surface area contributed by atoms with Crippen molar-refractivity contribution >= 4 is 29.9 Å². The number of nitrogens with one attached hydrogen (secondary N) is 2. The van der Waals surface area contributed by atoms with Gasteiger partial charge in [-0.05, 0) is 55.9 Å². The third kappa shape index (κ3) is 7.85. The summed E-state index contributed by atoms with van der Waals surface area (Å²) in [5.74, 6) is 2.29. The molecule has 0 spiro atoms. The molecular formula is C25H36IN3O3. The van der Waals surface area contributed by atoms with E-state index in [4.69, 9.17) is 14.5 Å². The minimum Gasteiger partial charge on any atom is -0.493 e. The average Bonchev–Trinajstić information content (AvgIpc) is 3.32. The van der Waals surface area contributed by atoms with Gasteiger partial charge in [0, 0.05) is 19.0 Å². The summed E-state index contributed by atoms with van der Waals surface area (Å²) in [4.78, 5) is 4.71. The fourth-order valence-corrected chi connectivity index (χ4v) is 3.84. The minimum absolute atomic E-state index is 0. The molecule has 3 rings (SSSR count). The van der Waals surface area contributed by atoms with Crippen LogP contribution in [0.15, 0.2) is 53.5 Å². The number of aliphatic hydroxyl groups is 1. The van der Waals surface area contributed by atoms with E-state index < -0.39 is 0 Å². The maximum atomic E-state index is 9.79. The van der Waals surface area contributed by atoms with Gasteiger partial charge in [0.25, 0.3) is 0 Å². The smallest absolute Gasteiger partial charge is 0.191 e. The summed E-state index contributed by atoms with van der Waals surface area (Å²) in [6.07, 6.45) is 5.00. The van der Waals surface area contributed by atoms with E-state index in [1.165, 1.54) is 12.8 Å². The fourth-order valence-electron chi connectivity index (χ4n) is 3.84. The predicted octanol–water partition coefficient (Wildman–Crippen LogP) is 4.47. The zero-order chi connectivity index (χ0) is 21.9. The molecule has 0 radical (unpaired) electrons. The van der Waals surface area contributed by atoms with Crippen LogP contribution in [-0.4, -0.2) is 44.0 Å². The number of benzene rings is 2. The van der Waals surface area contributed by atoms with Crippen molar-refractivity contribution in [3.05, 3.63) is 59.7 Å². The van der Waals surface area contributed by atoms with Crippen molar-refractivity contribution in [1.29, 1.82) is 0 Å². The van der Waals surface area contributed by atoms with E-state index in [-0.39, 0.29) is 36.5 Å². The molecule has 0 aromatic heterocycles. The highest BCUT2D eigenvalue weighted by atomic mass is 127. The summed E-state index contributed by atoms with van der Waals surface area (Å²) in [6, 6.07) is 16.1. The molecule has 176 valence electrons. The standard InChI is InChI=1S/C25H35N3O3.HI/c1-3-26-25(28-17-21(18-29)20-9-5-4-6-10-20)27-16-19-13-14-23(24(15-19)30-2)31-22-11-7-8-12-22;/h4-6,9-10,13-15,21-22,29H,3,7-8,11-12,16-18H2,1-2H3,(H2,26,27,28);1H. The minimum atomic E-state index is 0. The number of aliphatic imine (C=N–C) groups is 1. The van der Waals surface area contributed by atoms with Gasteiger partial charge in [0.2, 0.25) is 0 Å². The predicted molar refractivity (Wildman–Crippen MR) is 140 cm³/mol. The maximum absolute atomic E-state index is 9.79. The Morgan fingerprint density at radius 1 is 1.09 bits per heavy atom. The second-order valence-corrected chi connectivity index (χ2v) is 7.88. The number of guanidine groups is 1. The summed E-state index contributed by atoms with van der Waals surface area (Å²) in [6.45, 7) is 4.00. The monoisotopic (exact) mass is 553 g/mol. The summed E-state index contributed by atoms with van der Waals surface area (Å²) in [7, 11) is 1.67. The summed E-state index contributed by atoms with van der Waals surface area (Å²) < 4.78 is 11.7. The van der Waals surface area contributed by atoms with Crippen LogP contribution in [-0.2, 0) is 6.54 Å². The highest BCUT2D eigenvalue weighted by molar-refractivity contribution is 14.0. The van der Waals surface area contributed by atoms with Crippen molar-refractivity contribution in [3.8, 4) is 11.5 Å². The zero-order valence-electron chi connectivity index (χ0n) is 19.0. The van der Waals surface area contributed by atoms with Gasteiger partial charge < -0.3 is 25.2 Å². The largest absolute Gasteiger partial charge is 0.493 e. The Morgan fingerprint density at radius 3 is 2.50 bits per heavy atom. The highest BCUT2D eigenvalue weighted by Crippen LogP contribution is 2.32. The SMILES string of the molecule is CCNC(=NCc1ccc(OC2CCCC2)c(OC)c1)NCC(CO)c1ccccc1.I. The van der Waals surface area contributed by atoms with Gasteiger partial charge in [0.15, 0.2) is 17.5 Å². The molecule has 0 saturated heterocycles. The zero-order valence-corrected chi connectivity index (χ0v) is 21.4. The summed E-state index contributed by atoms with van der Waals surface area (Å²) in [5, 5.41) is 16.4. The molecule has 0 amide bonds. The van der Waals surface area contributed by atoms with Crippen LogP contribution < -0.4 is 20.1 Å². The molecule has 7 heteroatoms. The van der Waals surface area contributed by atoms with Gasteiger partial charge in [-0.3, -0.25) is 0 Å². The van der Waals surface area contributed by atoms with Crippen LogP contribution in [0.25, 0.3) is 0 Å². The Hall–Kier alpha value is -2.00. The van der Waals surface area contributed by atoms with E-state index in [1.54, 1.807) is 7.11 Å². The van der Waals surface area contributed by atoms with Crippen molar-refractivity contribution in [1.82, 2.24) is 10.6 Å². The molecule has 0 aliphatic heterocycles. The number of hydrogen-bond acceptors (Lipinski definition) is 4. The van der Waals surface area contributed by atoms with Crippen LogP contribution in [0, 0.1) is 0 Å². The van der Waals surface area contributed by atoms with Gasteiger partial charge in [-0.2, -0.15) is 0 Å². The molecule has 2 aromatic rings. The van der Waals surface area contributed by atoms with E-state index in [1.807, 2.05) is 55.5 Å². The number of ether oxygens (including phenoxy) is 2. The average molecular weight is 553 g/mol. The van der Waals surface area contributed by atoms with Gasteiger partial charge in [-0.15, -0.1) is 24.0 Å². The van der Waals surface area contributed by atoms with Crippen molar-refractivity contribution in [2.45, 2.75) is 51.2 Å². The molecule has 1 unspecified atom stereocenters. The lowest BCUT2D eigenvalue weighted by Gasteiger charge is -2.18. The van der Waals surface area contributed by atoms with Gasteiger partial charge in [0.1, 0.15) is 0 Å².